The van der Waals surface area contributed by atoms with E-state index in [1.54, 1.807) is 0 Å². The van der Waals surface area contributed by atoms with Crippen LogP contribution >= 0.6 is 23.5 Å². The maximum Gasteiger partial charge on any atom is 0.0751 e. The molecule has 0 heterocycles. The molecule has 0 unspecified atom stereocenters. The SMILES string of the molecule is CCCCCCCCCCCCCCCCSC(SCCCCCCCCCCCCCCCC)c1ccccc1. The lowest BCUT2D eigenvalue weighted by atomic mass is 10.0. The van der Waals surface area contributed by atoms with Gasteiger partial charge in [0.25, 0.3) is 0 Å². The minimum Gasteiger partial charge on any atom is -0.143 e. The quantitative estimate of drug-likeness (QED) is 0.0578. The topological polar surface area (TPSA) is 0 Å². The van der Waals surface area contributed by atoms with E-state index in [1.807, 2.05) is 0 Å². The molecule has 0 spiro atoms. The van der Waals surface area contributed by atoms with Crippen molar-refractivity contribution in [3.05, 3.63) is 35.9 Å². The second-order valence-corrected chi connectivity index (χ2v) is 15.4. The Labute approximate surface area is 268 Å². The van der Waals surface area contributed by atoms with Crippen LogP contribution in [0.3, 0.4) is 0 Å². The lowest BCUT2D eigenvalue weighted by molar-refractivity contribution is 0.538. The molecule has 0 saturated carbocycles. The van der Waals surface area contributed by atoms with Crippen LogP contribution in [0.25, 0.3) is 0 Å². The third kappa shape index (κ3) is 27.2. The Morgan fingerprint density at radius 1 is 0.366 bits per heavy atom. The van der Waals surface area contributed by atoms with Gasteiger partial charge in [-0.25, -0.2) is 0 Å². The number of hydrogen-bond donors (Lipinski definition) is 0. The van der Waals surface area contributed by atoms with Gasteiger partial charge in [-0.05, 0) is 29.9 Å². The van der Waals surface area contributed by atoms with Crippen molar-refractivity contribution in [2.24, 2.45) is 0 Å². The van der Waals surface area contributed by atoms with E-state index in [4.69, 9.17) is 0 Å². The van der Waals surface area contributed by atoms with Crippen molar-refractivity contribution in [2.45, 2.75) is 198 Å². The molecule has 0 saturated heterocycles. The Bertz CT molecular complexity index is 567. The summed E-state index contributed by atoms with van der Waals surface area (Å²) in [6, 6.07) is 11.3. The summed E-state index contributed by atoms with van der Waals surface area (Å²) in [6.07, 6.45) is 40.5. The van der Waals surface area contributed by atoms with E-state index >= 15 is 0 Å². The van der Waals surface area contributed by atoms with Crippen LogP contribution in [0, 0.1) is 0 Å². The first-order valence-electron chi connectivity index (χ1n) is 18.7. The van der Waals surface area contributed by atoms with Gasteiger partial charge in [-0.1, -0.05) is 211 Å². The minimum atomic E-state index is 0.625. The number of unbranched alkanes of at least 4 members (excludes halogenated alkanes) is 26. The summed E-state index contributed by atoms with van der Waals surface area (Å²) < 4.78 is 0.625. The van der Waals surface area contributed by atoms with Gasteiger partial charge in [-0.15, -0.1) is 23.5 Å². The second kappa shape index (κ2) is 32.8. The Balaban J connectivity index is 1.97. The summed E-state index contributed by atoms with van der Waals surface area (Å²) >= 11 is 4.42. The Morgan fingerprint density at radius 3 is 0.927 bits per heavy atom. The van der Waals surface area contributed by atoms with Gasteiger partial charge < -0.3 is 0 Å². The summed E-state index contributed by atoms with van der Waals surface area (Å²) in [5, 5.41) is 0. The van der Waals surface area contributed by atoms with Gasteiger partial charge in [-0.3, -0.25) is 0 Å². The van der Waals surface area contributed by atoms with Crippen LogP contribution in [0.4, 0.5) is 0 Å². The first-order valence-corrected chi connectivity index (χ1v) is 20.8. The smallest absolute Gasteiger partial charge is 0.0751 e. The van der Waals surface area contributed by atoms with Crippen LogP contribution < -0.4 is 0 Å². The van der Waals surface area contributed by atoms with E-state index in [2.05, 4.69) is 67.7 Å². The highest BCUT2D eigenvalue weighted by Gasteiger charge is 2.12. The molecule has 0 N–H and O–H groups in total. The van der Waals surface area contributed by atoms with Crippen LogP contribution in [0.5, 0.6) is 0 Å². The second-order valence-electron chi connectivity index (χ2n) is 12.7. The van der Waals surface area contributed by atoms with E-state index in [9.17, 15) is 0 Å². The van der Waals surface area contributed by atoms with Crippen LogP contribution in [-0.2, 0) is 0 Å². The Morgan fingerprint density at radius 2 is 0.634 bits per heavy atom. The molecule has 0 aromatic heterocycles. The highest BCUT2D eigenvalue weighted by atomic mass is 32.2. The van der Waals surface area contributed by atoms with Crippen molar-refractivity contribution in [3.8, 4) is 0 Å². The van der Waals surface area contributed by atoms with Crippen molar-refractivity contribution in [3.63, 3.8) is 0 Å². The molecule has 1 rings (SSSR count). The average molecular weight is 605 g/mol. The third-order valence-corrected chi connectivity index (χ3v) is 11.6. The Kier molecular flexibility index (Phi) is 31.2. The van der Waals surface area contributed by atoms with Crippen molar-refractivity contribution in [1.82, 2.24) is 0 Å². The molecule has 0 aliphatic carbocycles. The van der Waals surface area contributed by atoms with E-state index in [0.717, 1.165) is 0 Å². The summed E-state index contributed by atoms with van der Waals surface area (Å²) in [5.41, 5.74) is 1.53. The maximum atomic E-state index is 2.35. The first-order chi connectivity index (χ1) is 20.4. The van der Waals surface area contributed by atoms with Gasteiger partial charge >= 0.3 is 0 Å². The molecule has 0 atom stereocenters. The van der Waals surface area contributed by atoms with E-state index in [0.29, 0.717) is 4.58 Å². The fourth-order valence-corrected chi connectivity index (χ4v) is 8.66. The van der Waals surface area contributed by atoms with Crippen LogP contribution in [0.15, 0.2) is 30.3 Å². The molecule has 41 heavy (non-hydrogen) atoms. The molecule has 2 heteroatoms. The molecule has 240 valence electrons. The summed E-state index contributed by atoms with van der Waals surface area (Å²) in [4.78, 5) is 0. The molecule has 0 radical (unpaired) electrons. The van der Waals surface area contributed by atoms with Crippen molar-refractivity contribution < 1.29 is 0 Å². The molecule has 0 aliphatic heterocycles. The normalized spacial score (nSPS) is 11.6. The Hall–Kier alpha value is -0.0800. The van der Waals surface area contributed by atoms with E-state index in [1.165, 1.54) is 197 Å². The maximum absolute atomic E-state index is 2.35. The van der Waals surface area contributed by atoms with Gasteiger partial charge in [0.1, 0.15) is 0 Å². The molecular weight excluding hydrogens is 533 g/mol. The monoisotopic (exact) mass is 605 g/mol. The molecular formula is C39H72S2. The van der Waals surface area contributed by atoms with Gasteiger partial charge in [-0.2, -0.15) is 0 Å². The molecule has 0 bridgehead atoms. The number of benzene rings is 1. The summed E-state index contributed by atoms with van der Waals surface area (Å²) in [5.74, 6) is 2.65. The van der Waals surface area contributed by atoms with Gasteiger partial charge in [0.05, 0.1) is 4.58 Å². The van der Waals surface area contributed by atoms with Crippen molar-refractivity contribution in [1.29, 1.82) is 0 Å². The lowest BCUT2D eigenvalue weighted by Crippen LogP contribution is -1.94. The van der Waals surface area contributed by atoms with E-state index in [-0.39, 0.29) is 0 Å². The predicted octanol–water partition coefficient (Wildman–Crippen LogP) is 15.1. The van der Waals surface area contributed by atoms with Crippen molar-refractivity contribution in [2.75, 3.05) is 11.5 Å². The fraction of sp³-hybridized carbons (Fsp3) is 0.846. The largest absolute Gasteiger partial charge is 0.143 e. The molecule has 1 aromatic carbocycles. The highest BCUT2D eigenvalue weighted by molar-refractivity contribution is 8.16. The van der Waals surface area contributed by atoms with Crippen LogP contribution in [-0.4, -0.2) is 11.5 Å². The van der Waals surface area contributed by atoms with Gasteiger partial charge in [0.15, 0.2) is 0 Å². The van der Waals surface area contributed by atoms with Crippen LogP contribution in [0.1, 0.15) is 204 Å². The predicted molar refractivity (Wildman–Crippen MR) is 195 cm³/mol. The zero-order chi connectivity index (χ0) is 29.3. The molecule has 0 amide bonds. The lowest BCUT2D eigenvalue weighted by Gasteiger charge is -2.17. The first kappa shape index (κ1) is 38.9. The zero-order valence-electron chi connectivity index (χ0n) is 28.0. The molecule has 1 aromatic rings. The number of thioether (sulfide) groups is 2. The van der Waals surface area contributed by atoms with Crippen LogP contribution in [0.2, 0.25) is 0 Å². The zero-order valence-corrected chi connectivity index (χ0v) is 29.6. The van der Waals surface area contributed by atoms with E-state index < -0.39 is 0 Å². The number of hydrogen-bond acceptors (Lipinski definition) is 2. The summed E-state index contributed by atoms with van der Waals surface area (Å²) in [7, 11) is 0. The highest BCUT2D eigenvalue weighted by Crippen LogP contribution is 2.40. The molecule has 0 nitrogen and oxygen atoms in total. The minimum absolute atomic E-state index is 0.625. The van der Waals surface area contributed by atoms with Gasteiger partial charge in [0.2, 0.25) is 0 Å². The van der Waals surface area contributed by atoms with Crippen molar-refractivity contribution >= 4 is 23.5 Å². The average Bonchev–Trinajstić information content (AvgIpc) is 3.00. The number of rotatable bonds is 33. The molecule has 0 aliphatic rings. The van der Waals surface area contributed by atoms with Gasteiger partial charge in [0, 0.05) is 0 Å². The summed E-state index contributed by atoms with van der Waals surface area (Å²) in [6.45, 7) is 4.61. The third-order valence-electron chi connectivity index (χ3n) is 8.61. The fourth-order valence-electron chi connectivity index (χ4n) is 5.82. The molecule has 0 fully saturated rings. The standard InChI is InChI=1S/C39H72S2/c1-3-5-7-9-11-13-15-17-19-21-23-25-27-32-36-40-39(38-34-30-29-31-35-38)41-37-33-28-26-24-22-20-18-16-14-12-10-8-6-4-2/h29-31,34-35,39H,3-28,32-33,36-37H2,1-2H3.